The van der Waals surface area contributed by atoms with Gasteiger partial charge in [-0.1, -0.05) is 0 Å². The number of hydrogen-bond donors (Lipinski definition) is 0. The molecular weight excluding hydrogens is 656 g/mol. The first-order valence-electron chi connectivity index (χ1n) is 16.8. The molecule has 0 aromatic rings. The van der Waals surface area contributed by atoms with Crippen molar-refractivity contribution < 1.29 is 74.9 Å². The fraction of sp³-hybridized carbons (Fsp3) is 1.00. The number of ether oxygens (including phenoxy) is 13. The van der Waals surface area contributed by atoms with Gasteiger partial charge in [-0.15, -0.1) is 0 Å². The number of hydrogen-bond acceptors (Lipinski definition) is 16. The summed E-state index contributed by atoms with van der Waals surface area (Å²) in [5.41, 5.74) is 0. The highest BCUT2D eigenvalue weighted by Gasteiger charge is 2.41. The molecule has 3 atom stereocenters. The van der Waals surface area contributed by atoms with E-state index in [1.807, 2.05) is 20.8 Å². The summed E-state index contributed by atoms with van der Waals surface area (Å²) in [6.45, 7) is 13.1. The van der Waals surface area contributed by atoms with Crippen LogP contribution in [0.5, 0.6) is 0 Å². The molecule has 0 aromatic carbocycles. The lowest BCUT2D eigenvalue weighted by atomic mass is 10.5. The third-order valence-corrected chi connectivity index (χ3v) is 9.10. The molecule has 0 aliphatic carbocycles. The van der Waals surface area contributed by atoms with E-state index in [0.29, 0.717) is 78.5 Å². The van der Waals surface area contributed by atoms with Crippen LogP contribution in [0, 0.1) is 0 Å². The lowest BCUT2D eigenvalue weighted by Crippen LogP contribution is -2.48. The smallest absolute Gasteiger partial charge is 0.382 e. The minimum absolute atomic E-state index is 0.240. The number of rotatable bonds is 40. The molecule has 0 amide bonds. The highest BCUT2D eigenvalue weighted by molar-refractivity contribution is 6.60. The minimum Gasteiger partial charge on any atom is -0.382 e. The Labute approximate surface area is 289 Å². The maximum Gasteiger partial charge on any atom is 0.501 e. The average Bonchev–Trinajstić information content (AvgIpc) is 3.10. The Bertz CT molecular complexity index is 582. The molecule has 290 valence electrons. The third kappa shape index (κ3) is 28.3. The second kappa shape index (κ2) is 36.4. The van der Waals surface area contributed by atoms with E-state index in [4.69, 9.17) is 74.9 Å². The zero-order valence-corrected chi connectivity index (χ0v) is 31.6. The lowest BCUT2D eigenvalue weighted by molar-refractivity contribution is -0.158. The molecule has 0 rings (SSSR count). The summed E-state index contributed by atoms with van der Waals surface area (Å²) in [5.74, 6) is 0. The highest BCUT2D eigenvalue weighted by atomic mass is 28.4. The molecule has 0 N–H and O–H groups in total. The molecule has 3 unspecified atom stereocenters. The molecule has 0 saturated carbocycles. The Morgan fingerprint density at radius 1 is 0.396 bits per heavy atom. The zero-order valence-electron chi connectivity index (χ0n) is 30.6. The summed E-state index contributed by atoms with van der Waals surface area (Å²) in [4.78, 5) is 0. The van der Waals surface area contributed by atoms with Crippen molar-refractivity contribution in [2.45, 2.75) is 52.1 Å². The van der Waals surface area contributed by atoms with Crippen molar-refractivity contribution >= 4 is 8.80 Å². The number of methoxy groups -OCH3 is 4. The van der Waals surface area contributed by atoms with Crippen molar-refractivity contribution in [2.24, 2.45) is 0 Å². The first kappa shape index (κ1) is 47.6. The van der Waals surface area contributed by atoms with Crippen molar-refractivity contribution in [3.63, 3.8) is 0 Å². The molecular formula is C31H66O16Si. The van der Waals surface area contributed by atoms with Crippen molar-refractivity contribution in [2.75, 3.05) is 154 Å². The van der Waals surface area contributed by atoms with E-state index >= 15 is 0 Å². The quantitative estimate of drug-likeness (QED) is 0.0516. The van der Waals surface area contributed by atoms with Crippen LogP contribution in [-0.4, -0.2) is 182 Å². The summed E-state index contributed by atoms with van der Waals surface area (Å²) in [7, 11) is 3.10. The molecule has 48 heavy (non-hydrogen) atoms. The van der Waals surface area contributed by atoms with Crippen LogP contribution in [0.2, 0.25) is 6.04 Å². The molecule has 16 nitrogen and oxygen atoms in total. The fourth-order valence-corrected chi connectivity index (χ4v) is 6.28. The van der Waals surface area contributed by atoms with Gasteiger partial charge in [0.2, 0.25) is 0 Å². The first-order valence-corrected chi connectivity index (χ1v) is 18.8. The second-order valence-corrected chi connectivity index (χ2v) is 12.5. The van der Waals surface area contributed by atoms with Gasteiger partial charge >= 0.3 is 8.80 Å². The van der Waals surface area contributed by atoms with Gasteiger partial charge in [-0.05, 0) is 27.2 Å². The Hall–Kier alpha value is -0.423. The van der Waals surface area contributed by atoms with E-state index in [1.54, 1.807) is 28.4 Å². The van der Waals surface area contributed by atoms with Crippen LogP contribution >= 0.6 is 0 Å². The van der Waals surface area contributed by atoms with E-state index in [2.05, 4.69) is 0 Å². The molecule has 0 fully saturated rings. The van der Waals surface area contributed by atoms with Crippen LogP contribution in [0.15, 0.2) is 0 Å². The van der Waals surface area contributed by atoms with Gasteiger partial charge < -0.3 is 74.9 Å². The van der Waals surface area contributed by atoms with Crippen LogP contribution in [0.3, 0.4) is 0 Å². The molecule has 17 heteroatoms. The predicted molar refractivity (Wildman–Crippen MR) is 177 cm³/mol. The van der Waals surface area contributed by atoms with Gasteiger partial charge in [0.25, 0.3) is 0 Å². The fourth-order valence-electron chi connectivity index (χ4n) is 3.83. The largest absolute Gasteiger partial charge is 0.501 e. The van der Waals surface area contributed by atoms with Gasteiger partial charge in [-0.2, -0.15) is 0 Å². The van der Waals surface area contributed by atoms with Crippen LogP contribution in [0.4, 0.5) is 0 Å². The van der Waals surface area contributed by atoms with Crippen molar-refractivity contribution in [1.29, 1.82) is 0 Å². The lowest BCUT2D eigenvalue weighted by Gasteiger charge is -2.30. The maximum atomic E-state index is 6.35. The van der Waals surface area contributed by atoms with Gasteiger partial charge in [0.15, 0.2) is 18.9 Å². The Balaban J connectivity index is 5.14. The van der Waals surface area contributed by atoms with Gasteiger partial charge in [0.05, 0.1) is 99.1 Å². The normalized spacial score (nSPS) is 15.1. The van der Waals surface area contributed by atoms with E-state index in [1.165, 1.54) is 0 Å². The van der Waals surface area contributed by atoms with Crippen LogP contribution in [-0.2, 0) is 74.9 Å². The summed E-state index contributed by atoms with van der Waals surface area (Å²) < 4.78 is 90.2. The molecule has 0 bridgehead atoms. The van der Waals surface area contributed by atoms with Crippen molar-refractivity contribution in [1.82, 2.24) is 0 Å². The van der Waals surface area contributed by atoms with Crippen LogP contribution in [0.25, 0.3) is 0 Å². The van der Waals surface area contributed by atoms with Gasteiger partial charge in [0.1, 0.15) is 0 Å². The standard InChI is InChI=1S/C31H66O16Si/c1-8-42-29(33-5)26-39-19-22-45-48(46-23-20-40-27-30(34-6)43-9-2,47-24-21-41-28-31(35-7)44-10-3)25-11-12-36-15-16-38-18-17-37-14-13-32-4/h29-31H,8-28H2,1-7H3. The van der Waals surface area contributed by atoms with E-state index < -0.39 is 27.7 Å². The summed E-state index contributed by atoms with van der Waals surface area (Å²) >= 11 is 0. The van der Waals surface area contributed by atoms with Crippen molar-refractivity contribution in [3.8, 4) is 0 Å². The van der Waals surface area contributed by atoms with Gasteiger partial charge in [0, 0.05) is 60.9 Å². The predicted octanol–water partition coefficient (Wildman–Crippen LogP) is 2.14. The SMILES string of the molecule is CCOC(COCCO[Si](CCCOCCOCCOCCOC)(OCCOCC(OC)OCC)OCCOCC(OC)OCC)OC. The molecule has 0 aliphatic heterocycles. The first-order chi connectivity index (χ1) is 23.5. The Morgan fingerprint density at radius 3 is 1.06 bits per heavy atom. The summed E-state index contributed by atoms with van der Waals surface area (Å²) in [6, 6.07) is 0.500. The van der Waals surface area contributed by atoms with Crippen LogP contribution < -0.4 is 0 Å². The third-order valence-electron chi connectivity index (χ3n) is 6.20. The molecule has 0 radical (unpaired) electrons. The highest BCUT2D eigenvalue weighted by Crippen LogP contribution is 2.19. The average molecular weight is 723 g/mol. The van der Waals surface area contributed by atoms with E-state index in [-0.39, 0.29) is 59.5 Å². The zero-order chi connectivity index (χ0) is 35.4. The molecule has 0 saturated heterocycles. The summed E-state index contributed by atoms with van der Waals surface area (Å²) in [6.07, 6.45) is -0.730. The molecule has 0 aromatic heterocycles. The van der Waals surface area contributed by atoms with Crippen LogP contribution in [0.1, 0.15) is 27.2 Å². The summed E-state index contributed by atoms with van der Waals surface area (Å²) in [5, 5.41) is 0. The van der Waals surface area contributed by atoms with Crippen molar-refractivity contribution in [3.05, 3.63) is 0 Å². The second-order valence-electron chi connectivity index (χ2n) is 9.75. The Kier molecular flexibility index (Phi) is 36.0. The minimum atomic E-state index is -3.26. The van der Waals surface area contributed by atoms with Gasteiger partial charge in [-0.3, -0.25) is 0 Å². The monoisotopic (exact) mass is 722 g/mol. The maximum absolute atomic E-state index is 6.35. The van der Waals surface area contributed by atoms with E-state index in [9.17, 15) is 0 Å². The molecule has 0 heterocycles. The Morgan fingerprint density at radius 2 is 0.729 bits per heavy atom. The molecule has 0 aliphatic rings. The van der Waals surface area contributed by atoms with E-state index in [0.717, 1.165) is 0 Å². The topological polar surface area (TPSA) is 148 Å². The molecule has 0 spiro atoms. The van der Waals surface area contributed by atoms with Gasteiger partial charge in [-0.25, -0.2) is 0 Å².